The van der Waals surface area contributed by atoms with Gasteiger partial charge in [-0.25, -0.2) is 0 Å². The van der Waals surface area contributed by atoms with Gasteiger partial charge >= 0.3 is 0 Å². The fraction of sp³-hybridized carbons (Fsp3) is 0.154. The molecule has 0 unspecified atom stereocenters. The highest BCUT2D eigenvalue weighted by Gasteiger charge is 2.11. The van der Waals surface area contributed by atoms with Gasteiger partial charge in [-0.1, -0.05) is 41.1 Å². The molecule has 0 fully saturated rings. The first-order valence-electron chi connectivity index (χ1n) is 10.3. The molecule has 0 aliphatic rings. The summed E-state index contributed by atoms with van der Waals surface area (Å²) in [6, 6.07) is 19.5. The Kier molecular flexibility index (Phi) is 6.22. The standard InChI is InChI=1S/C26H25N3O3/c1-17-7-11-21(12-8-17)31-16-20-15-19(9-13-24(20)30-3)10-14-25-28-26(29-32-25)22-5-4-6-23(27)18(22)2/h4-15H,16,27H2,1-3H3/b14-10-. The number of hydrogen-bond donors (Lipinski definition) is 1. The molecule has 162 valence electrons. The van der Waals surface area contributed by atoms with Gasteiger partial charge in [0.2, 0.25) is 5.82 Å². The van der Waals surface area contributed by atoms with Crippen molar-refractivity contribution in [1.29, 1.82) is 0 Å². The first-order chi connectivity index (χ1) is 15.5. The zero-order chi connectivity index (χ0) is 22.5. The van der Waals surface area contributed by atoms with Crippen LogP contribution in [-0.4, -0.2) is 17.3 Å². The second-order valence-corrected chi connectivity index (χ2v) is 7.48. The Morgan fingerprint density at radius 3 is 2.59 bits per heavy atom. The second-order valence-electron chi connectivity index (χ2n) is 7.48. The Balaban J connectivity index is 1.50. The molecule has 6 heteroatoms. The van der Waals surface area contributed by atoms with Crippen molar-refractivity contribution in [3.63, 3.8) is 0 Å². The highest BCUT2D eigenvalue weighted by Crippen LogP contribution is 2.26. The van der Waals surface area contributed by atoms with Gasteiger partial charge in [0, 0.05) is 22.9 Å². The molecule has 4 rings (SSSR count). The van der Waals surface area contributed by atoms with E-state index in [0.717, 1.165) is 33.8 Å². The largest absolute Gasteiger partial charge is 0.496 e. The van der Waals surface area contributed by atoms with E-state index in [4.69, 9.17) is 19.7 Å². The molecule has 3 aromatic carbocycles. The predicted octanol–water partition coefficient (Wildman–Crippen LogP) is 5.69. The third-order valence-corrected chi connectivity index (χ3v) is 5.20. The minimum absolute atomic E-state index is 0.396. The summed E-state index contributed by atoms with van der Waals surface area (Å²) in [6.45, 7) is 4.38. The van der Waals surface area contributed by atoms with Crippen LogP contribution in [0.3, 0.4) is 0 Å². The van der Waals surface area contributed by atoms with Crippen LogP contribution in [-0.2, 0) is 6.61 Å². The monoisotopic (exact) mass is 427 g/mol. The van der Waals surface area contributed by atoms with E-state index < -0.39 is 0 Å². The van der Waals surface area contributed by atoms with Gasteiger partial charge in [0.1, 0.15) is 18.1 Å². The normalized spacial score (nSPS) is 11.1. The molecule has 4 aromatic rings. The molecule has 0 saturated carbocycles. The van der Waals surface area contributed by atoms with Crippen molar-refractivity contribution in [3.05, 3.63) is 88.8 Å². The van der Waals surface area contributed by atoms with Gasteiger partial charge in [0.05, 0.1) is 7.11 Å². The third-order valence-electron chi connectivity index (χ3n) is 5.20. The maximum absolute atomic E-state index is 5.98. The summed E-state index contributed by atoms with van der Waals surface area (Å²) in [6.07, 6.45) is 3.70. The van der Waals surface area contributed by atoms with Crippen LogP contribution < -0.4 is 15.2 Å². The van der Waals surface area contributed by atoms with E-state index in [2.05, 4.69) is 10.1 Å². The van der Waals surface area contributed by atoms with Crippen molar-refractivity contribution in [2.45, 2.75) is 20.5 Å². The van der Waals surface area contributed by atoms with Crippen LogP contribution in [0, 0.1) is 13.8 Å². The number of anilines is 1. The molecule has 0 spiro atoms. The topological polar surface area (TPSA) is 83.4 Å². The van der Waals surface area contributed by atoms with Crippen LogP contribution >= 0.6 is 0 Å². The lowest BCUT2D eigenvalue weighted by Crippen LogP contribution is -1.99. The smallest absolute Gasteiger partial charge is 0.250 e. The minimum atomic E-state index is 0.396. The second kappa shape index (κ2) is 9.39. The van der Waals surface area contributed by atoms with Gasteiger partial charge in [-0.15, -0.1) is 0 Å². The van der Waals surface area contributed by atoms with Crippen molar-refractivity contribution in [1.82, 2.24) is 10.1 Å². The maximum Gasteiger partial charge on any atom is 0.250 e. The van der Waals surface area contributed by atoms with Crippen LogP contribution in [0.4, 0.5) is 5.69 Å². The summed E-state index contributed by atoms with van der Waals surface area (Å²) in [5.41, 5.74) is 11.6. The van der Waals surface area contributed by atoms with Gasteiger partial charge in [0.25, 0.3) is 5.89 Å². The van der Waals surface area contributed by atoms with Gasteiger partial charge in [0.15, 0.2) is 0 Å². The van der Waals surface area contributed by atoms with Crippen LogP contribution in [0.1, 0.15) is 28.1 Å². The Hall–Kier alpha value is -4.06. The lowest BCUT2D eigenvalue weighted by Gasteiger charge is -2.11. The maximum atomic E-state index is 5.98. The van der Waals surface area contributed by atoms with Gasteiger partial charge in [-0.2, -0.15) is 4.98 Å². The van der Waals surface area contributed by atoms with E-state index in [1.165, 1.54) is 5.56 Å². The Morgan fingerprint density at radius 1 is 1.00 bits per heavy atom. The van der Waals surface area contributed by atoms with Crippen molar-refractivity contribution >= 4 is 17.8 Å². The van der Waals surface area contributed by atoms with Gasteiger partial charge < -0.3 is 19.7 Å². The summed E-state index contributed by atoms with van der Waals surface area (Å²) >= 11 is 0. The number of nitrogens with zero attached hydrogens (tertiary/aromatic N) is 2. The minimum Gasteiger partial charge on any atom is -0.496 e. The number of aromatic nitrogens is 2. The number of rotatable bonds is 7. The lowest BCUT2D eigenvalue weighted by atomic mass is 10.1. The molecule has 0 aliphatic carbocycles. The van der Waals surface area contributed by atoms with E-state index in [-0.39, 0.29) is 0 Å². The zero-order valence-corrected chi connectivity index (χ0v) is 18.3. The molecule has 2 N–H and O–H groups in total. The number of aryl methyl sites for hydroxylation is 1. The Bertz CT molecular complexity index is 1240. The molecular formula is C26H25N3O3. The van der Waals surface area contributed by atoms with Crippen molar-refractivity contribution in [2.24, 2.45) is 0 Å². The summed E-state index contributed by atoms with van der Waals surface area (Å²) < 4.78 is 16.8. The van der Waals surface area contributed by atoms with Crippen LogP contribution in [0.25, 0.3) is 23.5 Å². The average molecular weight is 428 g/mol. The molecule has 0 aliphatic heterocycles. The first kappa shape index (κ1) is 21.2. The SMILES string of the molecule is COc1ccc(/C=C\c2nc(-c3cccc(N)c3C)no2)cc1COc1ccc(C)cc1. The van der Waals surface area contributed by atoms with Crippen LogP contribution in [0.2, 0.25) is 0 Å². The van der Waals surface area contributed by atoms with Gasteiger partial charge in [-0.05, 0) is 61.4 Å². The molecule has 0 amide bonds. The van der Waals surface area contributed by atoms with E-state index in [9.17, 15) is 0 Å². The molecule has 0 radical (unpaired) electrons. The van der Waals surface area contributed by atoms with Crippen LogP contribution in [0.15, 0.2) is 65.2 Å². The molecule has 1 aromatic heterocycles. The number of methoxy groups -OCH3 is 1. The molecule has 0 saturated heterocycles. The van der Waals surface area contributed by atoms with Crippen molar-refractivity contribution < 1.29 is 14.0 Å². The Labute approximate surface area is 187 Å². The third kappa shape index (κ3) is 4.81. The van der Waals surface area contributed by atoms with E-state index >= 15 is 0 Å². The molecule has 1 heterocycles. The fourth-order valence-electron chi connectivity index (χ4n) is 3.29. The summed E-state index contributed by atoms with van der Waals surface area (Å²) in [5.74, 6) is 2.51. The van der Waals surface area contributed by atoms with Gasteiger partial charge in [-0.3, -0.25) is 0 Å². The van der Waals surface area contributed by atoms with E-state index in [0.29, 0.717) is 24.0 Å². The number of nitrogen functional groups attached to an aromatic ring is 1. The molecule has 32 heavy (non-hydrogen) atoms. The lowest BCUT2D eigenvalue weighted by molar-refractivity contribution is 0.296. The summed E-state index contributed by atoms with van der Waals surface area (Å²) in [5, 5.41) is 4.08. The molecule has 6 nitrogen and oxygen atoms in total. The van der Waals surface area contributed by atoms with Crippen molar-refractivity contribution in [3.8, 4) is 22.9 Å². The highest BCUT2D eigenvalue weighted by atomic mass is 16.5. The quantitative estimate of drug-likeness (QED) is 0.381. The summed E-state index contributed by atoms with van der Waals surface area (Å²) in [7, 11) is 1.65. The Morgan fingerprint density at radius 2 is 1.81 bits per heavy atom. The van der Waals surface area contributed by atoms with Crippen molar-refractivity contribution in [2.75, 3.05) is 12.8 Å². The zero-order valence-electron chi connectivity index (χ0n) is 18.3. The number of nitrogens with two attached hydrogens (primary N) is 1. The van der Waals surface area contributed by atoms with E-state index in [1.54, 1.807) is 13.2 Å². The predicted molar refractivity (Wildman–Crippen MR) is 126 cm³/mol. The van der Waals surface area contributed by atoms with E-state index in [1.807, 2.05) is 80.6 Å². The molecular weight excluding hydrogens is 402 g/mol. The number of benzene rings is 3. The van der Waals surface area contributed by atoms with Crippen LogP contribution in [0.5, 0.6) is 11.5 Å². The fourth-order valence-corrected chi connectivity index (χ4v) is 3.29. The molecule has 0 atom stereocenters. The number of hydrogen-bond acceptors (Lipinski definition) is 6. The molecule has 0 bridgehead atoms. The summed E-state index contributed by atoms with van der Waals surface area (Å²) in [4.78, 5) is 4.47. The highest BCUT2D eigenvalue weighted by molar-refractivity contribution is 5.70. The average Bonchev–Trinajstić information content (AvgIpc) is 3.28. The first-order valence-corrected chi connectivity index (χ1v) is 10.3. The number of ether oxygens (including phenoxy) is 2.